The van der Waals surface area contributed by atoms with Crippen molar-refractivity contribution in [3.63, 3.8) is 0 Å². The molecule has 4 nitrogen and oxygen atoms in total. The third kappa shape index (κ3) is 5.72. The highest BCUT2D eigenvalue weighted by atomic mass is 32.2. The lowest BCUT2D eigenvalue weighted by atomic mass is 10.1. The van der Waals surface area contributed by atoms with Gasteiger partial charge in [-0.05, 0) is 48.5 Å². The number of rotatable bonds is 7. The smallest absolute Gasteiger partial charge is 0.255 e. The molecule has 0 spiro atoms. The summed E-state index contributed by atoms with van der Waals surface area (Å²) in [6.45, 7) is 0.588. The Kier molecular flexibility index (Phi) is 6.66. The predicted octanol–water partition coefficient (Wildman–Crippen LogP) is 4.46. The topological polar surface area (TPSA) is 58.2 Å². The summed E-state index contributed by atoms with van der Waals surface area (Å²) in [6, 6.07) is 26.0. The van der Waals surface area contributed by atoms with Crippen molar-refractivity contribution < 1.29 is 9.59 Å². The molecule has 5 heteroatoms. The second-order valence-corrected chi connectivity index (χ2v) is 6.98. The number of carbonyl (C=O) groups is 2. The highest BCUT2D eigenvalue weighted by Crippen LogP contribution is 2.16. The van der Waals surface area contributed by atoms with Crippen molar-refractivity contribution in [2.24, 2.45) is 0 Å². The van der Waals surface area contributed by atoms with Crippen molar-refractivity contribution >= 4 is 29.3 Å². The van der Waals surface area contributed by atoms with E-state index >= 15 is 0 Å². The van der Waals surface area contributed by atoms with Gasteiger partial charge in [-0.1, -0.05) is 36.4 Å². The van der Waals surface area contributed by atoms with Crippen LogP contribution in [0.1, 0.15) is 20.7 Å². The van der Waals surface area contributed by atoms with Gasteiger partial charge in [0, 0.05) is 34.0 Å². The summed E-state index contributed by atoms with van der Waals surface area (Å²) in [5, 5.41) is 5.73. The summed E-state index contributed by atoms with van der Waals surface area (Å²) in [6.07, 6.45) is 0. The Labute approximate surface area is 163 Å². The van der Waals surface area contributed by atoms with Crippen molar-refractivity contribution in [1.82, 2.24) is 5.32 Å². The van der Waals surface area contributed by atoms with Crippen molar-refractivity contribution in [2.75, 3.05) is 17.6 Å². The molecule has 0 bridgehead atoms. The summed E-state index contributed by atoms with van der Waals surface area (Å²) in [5.74, 6) is 0.511. The average Bonchev–Trinajstić information content (AvgIpc) is 2.73. The van der Waals surface area contributed by atoms with E-state index in [4.69, 9.17) is 0 Å². The molecule has 0 radical (unpaired) electrons. The van der Waals surface area contributed by atoms with Crippen molar-refractivity contribution in [2.45, 2.75) is 4.90 Å². The molecule has 0 heterocycles. The number of anilines is 1. The molecule has 0 saturated heterocycles. The van der Waals surface area contributed by atoms with Crippen LogP contribution >= 0.6 is 11.8 Å². The van der Waals surface area contributed by atoms with Gasteiger partial charge in [0.2, 0.25) is 0 Å². The minimum atomic E-state index is -0.175. The number of benzene rings is 3. The van der Waals surface area contributed by atoms with Gasteiger partial charge < -0.3 is 10.6 Å². The van der Waals surface area contributed by atoms with Gasteiger partial charge in [-0.3, -0.25) is 9.59 Å². The summed E-state index contributed by atoms with van der Waals surface area (Å²) >= 11 is 1.70. The van der Waals surface area contributed by atoms with E-state index in [-0.39, 0.29) is 11.8 Å². The van der Waals surface area contributed by atoms with E-state index < -0.39 is 0 Å². The number of nitrogens with one attached hydrogen (secondary N) is 2. The van der Waals surface area contributed by atoms with Crippen LogP contribution < -0.4 is 10.6 Å². The third-order valence-corrected chi connectivity index (χ3v) is 4.85. The average molecular weight is 376 g/mol. The molecule has 0 aliphatic carbocycles. The van der Waals surface area contributed by atoms with E-state index in [1.807, 2.05) is 36.4 Å². The van der Waals surface area contributed by atoms with Crippen LogP contribution in [-0.4, -0.2) is 24.1 Å². The molecule has 3 aromatic carbocycles. The lowest BCUT2D eigenvalue weighted by Gasteiger charge is -2.08. The lowest BCUT2D eigenvalue weighted by Crippen LogP contribution is -2.25. The normalized spacial score (nSPS) is 10.2. The van der Waals surface area contributed by atoms with Crippen molar-refractivity contribution in [1.29, 1.82) is 0 Å². The lowest BCUT2D eigenvalue weighted by molar-refractivity contribution is 0.0955. The third-order valence-electron chi connectivity index (χ3n) is 3.84. The van der Waals surface area contributed by atoms with Gasteiger partial charge in [0.15, 0.2) is 0 Å². The highest BCUT2D eigenvalue weighted by Gasteiger charge is 2.07. The van der Waals surface area contributed by atoms with Gasteiger partial charge in [-0.15, -0.1) is 11.8 Å². The Morgan fingerprint density at radius 3 is 1.96 bits per heavy atom. The number of hydrogen-bond donors (Lipinski definition) is 2. The standard InChI is InChI=1S/C22H20N2O2S/c25-21(23-15-16-27-20-9-5-2-6-10-20)18-11-13-19(14-12-18)24-22(26)17-7-3-1-4-8-17/h1-14H,15-16H2,(H,23,25)(H,24,26). The number of carbonyl (C=O) groups excluding carboxylic acids is 2. The zero-order chi connectivity index (χ0) is 18.9. The Hall–Kier alpha value is -3.05. The number of thioether (sulfide) groups is 1. The zero-order valence-electron chi connectivity index (χ0n) is 14.7. The molecule has 3 aromatic rings. The summed E-state index contributed by atoms with van der Waals surface area (Å²) in [5.41, 5.74) is 1.81. The van der Waals surface area contributed by atoms with Gasteiger partial charge in [0.1, 0.15) is 0 Å². The van der Waals surface area contributed by atoms with Crippen molar-refractivity contribution in [3.05, 3.63) is 96.1 Å². The summed E-state index contributed by atoms with van der Waals surface area (Å²) < 4.78 is 0. The fraction of sp³-hybridized carbons (Fsp3) is 0.0909. The fourth-order valence-electron chi connectivity index (χ4n) is 2.45. The van der Waals surface area contributed by atoms with Gasteiger partial charge in [-0.2, -0.15) is 0 Å². The molecule has 27 heavy (non-hydrogen) atoms. The van der Waals surface area contributed by atoms with E-state index in [9.17, 15) is 9.59 Å². The molecular formula is C22H20N2O2S. The van der Waals surface area contributed by atoms with Gasteiger partial charge in [0.25, 0.3) is 11.8 Å². The Balaban J connectivity index is 1.46. The first-order valence-electron chi connectivity index (χ1n) is 8.65. The van der Waals surface area contributed by atoms with Crippen LogP contribution in [0.15, 0.2) is 89.8 Å². The minimum Gasteiger partial charge on any atom is -0.351 e. The second kappa shape index (κ2) is 9.59. The Morgan fingerprint density at radius 2 is 1.30 bits per heavy atom. The maximum atomic E-state index is 12.2. The molecule has 2 amide bonds. The van der Waals surface area contributed by atoms with Crippen molar-refractivity contribution in [3.8, 4) is 0 Å². The fourth-order valence-corrected chi connectivity index (χ4v) is 3.24. The van der Waals surface area contributed by atoms with Gasteiger partial charge >= 0.3 is 0 Å². The first kappa shape index (κ1) is 18.7. The van der Waals surface area contributed by atoms with Crippen LogP contribution in [0.25, 0.3) is 0 Å². The van der Waals surface area contributed by atoms with E-state index in [0.29, 0.717) is 23.4 Å². The van der Waals surface area contributed by atoms with Crippen LogP contribution in [0.5, 0.6) is 0 Å². The van der Waals surface area contributed by atoms with Gasteiger partial charge in [-0.25, -0.2) is 0 Å². The summed E-state index contributed by atoms with van der Waals surface area (Å²) in [7, 11) is 0. The first-order chi connectivity index (χ1) is 13.2. The van der Waals surface area contributed by atoms with Crippen LogP contribution in [0, 0.1) is 0 Å². The number of amides is 2. The largest absolute Gasteiger partial charge is 0.351 e. The number of hydrogen-bond acceptors (Lipinski definition) is 3. The van der Waals surface area contributed by atoms with E-state index in [1.54, 1.807) is 48.2 Å². The van der Waals surface area contributed by atoms with E-state index in [0.717, 1.165) is 5.75 Å². The van der Waals surface area contributed by atoms with Crippen LogP contribution in [0.3, 0.4) is 0 Å². The molecule has 2 N–H and O–H groups in total. The van der Waals surface area contributed by atoms with E-state index in [1.165, 1.54) is 4.90 Å². The molecule has 0 aliphatic heterocycles. The zero-order valence-corrected chi connectivity index (χ0v) is 15.5. The maximum Gasteiger partial charge on any atom is 0.255 e. The molecule has 0 fully saturated rings. The summed E-state index contributed by atoms with van der Waals surface area (Å²) in [4.78, 5) is 25.5. The second-order valence-electron chi connectivity index (χ2n) is 5.81. The Morgan fingerprint density at radius 1 is 0.704 bits per heavy atom. The molecule has 0 saturated carbocycles. The van der Waals surface area contributed by atoms with Crippen LogP contribution in [0.4, 0.5) is 5.69 Å². The quantitative estimate of drug-likeness (QED) is 0.473. The van der Waals surface area contributed by atoms with E-state index in [2.05, 4.69) is 22.8 Å². The molecule has 0 aromatic heterocycles. The molecule has 136 valence electrons. The Bertz CT molecular complexity index is 881. The first-order valence-corrected chi connectivity index (χ1v) is 9.63. The maximum absolute atomic E-state index is 12.2. The molecule has 0 aliphatic rings. The highest BCUT2D eigenvalue weighted by molar-refractivity contribution is 7.99. The SMILES string of the molecule is O=C(NCCSc1ccccc1)c1ccc(NC(=O)c2ccccc2)cc1. The molecule has 0 unspecified atom stereocenters. The minimum absolute atomic E-state index is 0.121. The van der Waals surface area contributed by atoms with Crippen LogP contribution in [0.2, 0.25) is 0 Å². The monoisotopic (exact) mass is 376 g/mol. The molecule has 3 rings (SSSR count). The van der Waals surface area contributed by atoms with Gasteiger partial charge in [0.05, 0.1) is 0 Å². The van der Waals surface area contributed by atoms with Crippen LogP contribution in [-0.2, 0) is 0 Å². The predicted molar refractivity (Wildman–Crippen MR) is 110 cm³/mol. The molecule has 0 atom stereocenters. The molecular weight excluding hydrogens is 356 g/mol.